The van der Waals surface area contributed by atoms with E-state index in [1.54, 1.807) is 0 Å². The second-order valence-corrected chi connectivity index (χ2v) is 5.97. The van der Waals surface area contributed by atoms with Crippen LogP contribution in [-0.4, -0.2) is 71.6 Å². The van der Waals surface area contributed by atoms with Gasteiger partial charge in [0.1, 0.15) is 6.04 Å². The summed E-state index contributed by atoms with van der Waals surface area (Å²) < 4.78 is 0. The Hall–Kier alpha value is -1.48. The monoisotopic (exact) mass is 318 g/mol. The van der Waals surface area contributed by atoms with E-state index in [2.05, 4.69) is 15.5 Å². The summed E-state index contributed by atoms with van der Waals surface area (Å²) in [5.74, 6) is 0.423. The topological polar surface area (TPSA) is 125 Å². The van der Waals surface area contributed by atoms with Gasteiger partial charge in [0, 0.05) is 44.1 Å². The molecule has 5 N–H and O–H groups in total. The molecular weight excluding hydrogens is 296 g/mol. The number of hydrogen-bond donors (Lipinski definition) is 4. The van der Waals surface area contributed by atoms with Crippen molar-refractivity contribution in [1.29, 1.82) is 0 Å². The number of carboxylic acids is 1. The first-order chi connectivity index (χ1) is 9.99. The van der Waals surface area contributed by atoms with Crippen LogP contribution in [0.1, 0.15) is 12.8 Å². The maximum Gasteiger partial charge on any atom is 0.326 e. The highest BCUT2D eigenvalue weighted by atomic mass is 32.2. The molecule has 0 bridgehead atoms. The van der Waals surface area contributed by atoms with E-state index in [1.165, 1.54) is 0 Å². The minimum absolute atomic E-state index is 0.0125. The number of nitrogens with zero attached hydrogens (tertiary/aromatic N) is 1. The lowest BCUT2D eigenvalue weighted by atomic mass is 10.1. The Morgan fingerprint density at radius 2 is 1.95 bits per heavy atom. The second kappa shape index (κ2) is 9.46. The third kappa shape index (κ3) is 7.76. The zero-order valence-electron chi connectivity index (χ0n) is 11.8. The Bertz CT molecular complexity index is 374. The van der Waals surface area contributed by atoms with Crippen molar-refractivity contribution >= 4 is 29.7 Å². The molecule has 0 unspecified atom stereocenters. The lowest BCUT2D eigenvalue weighted by Crippen LogP contribution is -2.48. The molecule has 1 heterocycles. The summed E-state index contributed by atoms with van der Waals surface area (Å²) in [5, 5.41) is 13.9. The van der Waals surface area contributed by atoms with Crippen molar-refractivity contribution in [3.8, 4) is 0 Å². The van der Waals surface area contributed by atoms with E-state index in [9.17, 15) is 14.4 Å². The number of nitrogens with one attached hydrogen (secondary N) is 2. The molecule has 1 saturated heterocycles. The van der Waals surface area contributed by atoms with Crippen molar-refractivity contribution in [2.24, 2.45) is 5.73 Å². The van der Waals surface area contributed by atoms with Gasteiger partial charge >= 0.3 is 12.0 Å². The van der Waals surface area contributed by atoms with Crippen molar-refractivity contribution in [1.82, 2.24) is 15.5 Å². The number of nitrogens with two attached hydrogens (primary N) is 1. The average molecular weight is 318 g/mol. The number of amides is 3. The molecule has 3 amide bonds. The maximum absolute atomic E-state index is 11.6. The molecule has 9 heteroatoms. The van der Waals surface area contributed by atoms with Crippen molar-refractivity contribution in [2.75, 3.05) is 37.7 Å². The number of urea groups is 1. The number of carbonyl (C=O) groups is 3. The number of primary amides is 1. The normalized spacial score (nSPS) is 17.0. The molecular formula is C12H22N4O4S. The van der Waals surface area contributed by atoms with Crippen molar-refractivity contribution in [3.05, 3.63) is 0 Å². The Labute approximate surface area is 127 Å². The van der Waals surface area contributed by atoms with Crippen LogP contribution in [0.4, 0.5) is 4.79 Å². The van der Waals surface area contributed by atoms with Crippen LogP contribution >= 0.6 is 11.8 Å². The van der Waals surface area contributed by atoms with Gasteiger partial charge in [-0.1, -0.05) is 0 Å². The molecule has 0 aromatic rings. The minimum Gasteiger partial charge on any atom is -0.480 e. The first-order valence-electron chi connectivity index (χ1n) is 6.84. The summed E-state index contributed by atoms with van der Waals surface area (Å²) in [6, 6.07) is -1.65. The number of aliphatic carboxylic acids is 1. The first-order valence-corrected chi connectivity index (χ1v) is 8.00. The van der Waals surface area contributed by atoms with Gasteiger partial charge in [-0.2, -0.15) is 11.8 Å². The molecule has 1 fully saturated rings. The lowest BCUT2D eigenvalue weighted by molar-refractivity contribution is -0.139. The minimum atomic E-state index is -1.18. The van der Waals surface area contributed by atoms with Gasteiger partial charge in [0.15, 0.2) is 0 Å². The molecule has 8 nitrogen and oxygen atoms in total. The Kier molecular flexibility index (Phi) is 7.91. The SMILES string of the molecule is NC(=O)CC[C@H](NC(=O)NCCN1CCSCC1)C(=O)O. The summed E-state index contributed by atoms with van der Waals surface area (Å²) in [4.78, 5) is 35.5. The molecule has 120 valence electrons. The van der Waals surface area contributed by atoms with Crippen LogP contribution in [0.5, 0.6) is 0 Å². The van der Waals surface area contributed by atoms with Gasteiger partial charge in [-0.15, -0.1) is 0 Å². The van der Waals surface area contributed by atoms with Gasteiger partial charge in [0.25, 0.3) is 0 Å². The highest BCUT2D eigenvalue weighted by Gasteiger charge is 2.20. The zero-order valence-corrected chi connectivity index (χ0v) is 12.7. The van der Waals surface area contributed by atoms with Gasteiger partial charge < -0.3 is 21.5 Å². The molecule has 0 aromatic heterocycles. The van der Waals surface area contributed by atoms with Crippen LogP contribution in [0.2, 0.25) is 0 Å². The molecule has 1 aliphatic heterocycles. The van der Waals surface area contributed by atoms with E-state index in [1.807, 2.05) is 11.8 Å². The van der Waals surface area contributed by atoms with Crippen LogP contribution in [0.15, 0.2) is 0 Å². The van der Waals surface area contributed by atoms with Gasteiger partial charge in [0.05, 0.1) is 0 Å². The zero-order chi connectivity index (χ0) is 15.7. The summed E-state index contributed by atoms with van der Waals surface area (Å²) in [6.07, 6.45) is -0.0931. The van der Waals surface area contributed by atoms with Gasteiger partial charge in [-0.25, -0.2) is 9.59 Å². The van der Waals surface area contributed by atoms with Crippen LogP contribution in [-0.2, 0) is 9.59 Å². The number of thioether (sulfide) groups is 1. The third-order valence-corrected chi connectivity index (χ3v) is 4.04. The van der Waals surface area contributed by atoms with E-state index in [4.69, 9.17) is 10.8 Å². The number of hydrogen-bond acceptors (Lipinski definition) is 5. The van der Waals surface area contributed by atoms with Crippen molar-refractivity contribution < 1.29 is 19.5 Å². The standard InChI is InChI=1S/C12H22N4O4S/c13-10(17)2-1-9(11(18)19)15-12(20)14-3-4-16-5-7-21-8-6-16/h9H,1-8H2,(H2,13,17)(H,18,19)(H2,14,15,20)/t9-/m0/s1. The van der Waals surface area contributed by atoms with Crippen molar-refractivity contribution in [3.63, 3.8) is 0 Å². The number of carboxylic acid groups (broad SMARTS) is 1. The highest BCUT2D eigenvalue weighted by molar-refractivity contribution is 7.99. The molecule has 0 aromatic carbocycles. The summed E-state index contributed by atoms with van der Waals surface area (Å²) in [5.41, 5.74) is 4.97. The maximum atomic E-state index is 11.6. The molecule has 0 spiro atoms. The third-order valence-electron chi connectivity index (χ3n) is 3.10. The predicted octanol–water partition coefficient (Wildman–Crippen LogP) is -0.947. The van der Waals surface area contributed by atoms with Gasteiger partial charge in [-0.3, -0.25) is 9.69 Å². The van der Waals surface area contributed by atoms with Crippen LogP contribution < -0.4 is 16.4 Å². The fourth-order valence-corrected chi connectivity index (χ4v) is 2.88. The summed E-state index contributed by atoms with van der Waals surface area (Å²) in [7, 11) is 0. The van der Waals surface area contributed by atoms with Crippen LogP contribution in [0.25, 0.3) is 0 Å². The molecule has 0 aliphatic carbocycles. The van der Waals surface area contributed by atoms with Crippen LogP contribution in [0, 0.1) is 0 Å². The van der Waals surface area contributed by atoms with E-state index in [0.717, 1.165) is 31.1 Å². The summed E-state index contributed by atoms with van der Waals surface area (Å²) >= 11 is 1.91. The average Bonchev–Trinajstić information content (AvgIpc) is 2.44. The molecule has 1 rings (SSSR count). The molecule has 1 aliphatic rings. The van der Waals surface area contributed by atoms with E-state index in [-0.39, 0.29) is 12.8 Å². The van der Waals surface area contributed by atoms with Gasteiger partial charge in [0.2, 0.25) is 5.91 Å². The molecule has 0 saturated carbocycles. The second-order valence-electron chi connectivity index (χ2n) is 4.75. The number of rotatable bonds is 8. The highest BCUT2D eigenvalue weighted by Crippen LogP contribution is 2.07. The van der Waals surface area contributed by atoms with E-state index >= 15 is 0 Å². The largest absolute Gasteiger partial charge is 0.480 e. The van der Waals surface area contributed by atoms with Crippen molar-refractivity contribution in [2.45, 2.75) is 18.9 Å². The van der Waals surface area contributed by atoms with Crippen LogP contribution in [0.3, 0.4) is 0 Å². The van der Waals surface area contributed by atoms with E-state index in [0.29, 0.717) is 6.54 Å². The molecule has 1 atom stereocenters. The Morgan fingerprint density at radius 3 is 2.52 bits per heavy atom. The smallest absolute Gasteiger partial charge is 0.326 e. The first kappa shape index (κ1) is 17.6. The number of carbonyl (C=O) groups excluding carboxylic acids is 2. The molecule has 0 radical (unpaired) electrons. The lowest BCUT2D eigenvalue weighted by Gasteiger charge is -2.26. The Morgan fingerprint density at radius 1 is 1.29 bits per heavy atom. The molecule has 21 heavy (non-hydrogen) atoms. The van der Waals surface area contributed by atoms with Gasteiger partial charge in [-0.05, 0) is 6.42 Å². The fraction of sp³-hybridized carbons (Fsp3) is 0.750. The fourth-order valence-electron chi connectivity index (χ4n) is 1.91. The predicted molar refractivity (Wildman–Crippen MR) is 80.2 cm³/mol. The Balaban J connectivity index is 2.22. The summed E-state index contributed by atoms with van der Waals surface area (Å²) in [6.45, 7) is 3.21. The quantitative estimate of drug-likeness (QED) is 0.457. The van der Waals surface area contributed by atoms with E-state index < -0.39 is 23.9 Å².